The van der Waals surface area contributed by atoms with Gasteiger partial charge in [-0.1, -0.05) is 11.3 Å². The summed E-state index contributed by atoms with van der Waals surface area (Å²) in [4.78, 5) is 19.4. The second-order valence-corrected chi connectivity index (χ2v) is 6.64. The highest BCUT2D eigenvalue weighted by Crippen LogP contribution is 2.20. The number of nitrogens with one attached hydrogen (secondary N) is 3. The Morgan fingerprint density at radius 3 is 2.96 bits per heavy atom. The van der Waals surface area contributed by atoms with Crippen molar-refractivity contribution >= 4 is 39.1 Å². The molecule has 3 aromatic heterocycles. The first-order chi connectivity index (χ1) is 13.2. The molecular formula is C18H15FN6OS. The van der Waals surface area contributed by atoms with Crippen molar-refractivity contribution in [2.75, 3.05) is 17.2 Å². The first-order valence-electron chi connectivity index (χ1n) is 8.22. The van der Waals surface area contributed by atoms with Gasteiger partial charge in [0.2, 0.25) is 5.13 Å². The van der Waals surface area contributed by atoms with Crippen LogP contribution >= 0.6 is 11.3 Å². The zero-order valence-corrected chi connectivity index (χ0v) is 14.9. The summed E-state index contributed by atoms with van der Waals surface area (Å²) in [5, 5.41) is 14.8. The molecule has 3 N–H and O–H groups in total. The average molecular weight is 382 g/mol. The Morgan fingerprint density at radius 1 is 1.26 bits per heavy atom. The van der Waals surface area contributed by atoms with E-state index in [2.05, 4.69) is 30.8 Å². The predicted molar refractivity (Wildman–Crippen MR) is 103 cm³/mol. The van der Waals surface area contributed by atoms with Crippen LogP contribution in [0.3, 0.4) is 0 Å². The van der Waals surface area contributed by atoms with Gasteiger partial charge >= 0.3 is 0 Å². The molecule has 1 amide bonds. The van der Waals surface area contributed by atoms with Gasteiger partial charge in [0.15, 0.2) is 0 Å². The van der Waals surface area contributed by atoms with E-state index in [4.69, 9.17) is 0 Å². The van der Waals surface area contributed by atoms with Crippen LogP contribution in [-0.4, -0.2) is 32.6 Å². The molecule has 0 atom stereocenters. The van der Waals surface area contributed by atoms with Crippen molar-refractivity contribution in [1.29, 1.82) is 0 Å². The number of anilines is 2. The fourth-order valence-corrected chi connectivity index (χ4v) is 3.16. The zero-order valence-electron chi connectivity index (χ0n) is 14.1. The van der Waals surface area contributed by atoms with Crippen LogP contribution in [0.2, 0.25) is 0 Å². The standard InChI is InChI=1S/C18H15FN6OS/c19-13-2-3-14-11(8-21-15(14)7-13)5-6-20-16-4-1-12(9-22-16)17(26)24-18-25-23-10-27-18/h1-4,7-10,21H,5-6H2,(H,20,22)(H,24,25,26). The van der Waals surface area contributed by atoms with Crippen LogP contribution in [0.15, 0.2) is 48.2 Å². The Labute approximate surface area is 157 Å². The van der Waals surface area contributed by atoms with Crippen molar-refractivity contribution < 1.29 is 9.18 Å². The van der Waals surface area contributed by atoms with Crippen LogP contribution in [0, 0.1) is 5.82 Å². The van der Waals surface area contributed by atoms with Crippen molar-refractivity contribution in [3.8, 4) is 0 Å². The molecule has 0 bridgehead atoms. The maximum absolute atomic E-state index is 13.2. The number of carbonyl (C=O) groups excluding carboxylic acids is 1. The van der Waals surface area contributed by atoms with Crippen molar-refractivity contribution in [2.45, 2.75) is 6.42 Å². The van der Waals surface area contributed by atoms with Crippen LogP contribution < -0.4 is 10.6 Å². The Bertz CT molecular complexity index is 1060. The SMILES string of the molecule is O=C(Nc1nncs1)c1ccc(NCCc2c[nH]c3cc(F)ccc23)nc1. The van der Waals surface area contributed by atoms with E-state index in [0.29, 0.717) is 23.1 Å². The molecule has 3 heterocycles. The van der Waals surface area contributed by atoms with Crippen LogP contribution in [-0.2, 0) is 6.42 Å². The average Bonchev–Trinajstić information content (AvgIpc) is 3.32. The largest absolute Gasteiger partial charge is 0.370 e. The molecule has 27 heavy (non-hydrogen) atoms. The van der Waals surface area contributed by atoms with Gasteiger partial charge < -0.3 is 10.3 Å². The Kier molecular flexibility index (Phi) is 4.75. The van der Waals surface area contributed by atoms with Gasteiger partial charge in [-0.25, -0.2) is 9.37 Å². The second-order valence-electron chi connectivity index (χ2n) is 5.81. The van der Waals surface area contributed by atoms with Gasteiger partial charge in [0.05, 0.1) is 5.56 Å². The summed E-state index contributed by atoms with van der Waals surface area (Å²) < 4.78 is 13.2. The number of H-pyrrole nitrogens is 1. The minimum absolute atomic E-state index is 0.256. The molecule has 9 heteroatoms. The van der Waals surface area contributed by atoms with Gasteiger partial charge in [0.25, 0.3) is 5.91 Å². The second kappa shape index (κ2) is 7.50. The number of hydrogen-bond acceptors (Lipinski definition) is 6. The summed E-state index contributed by atoms with van der Waals surface area (Å²) in [5.41, 5.74) is 3.87. The lowest BCUT2D eigenvalue weighted by molar-refractivity contribution is 0.102. The molecule has 0 aliphatic carbocycles. The normalized spacial score (nSPS) is 10.9. The molecule has 0 radical (unpaired) electrons. The minimum atomic E-state index is -0.281. The van der Waals surface area contributed by atoms with E-state index >= 15 is 0 Å². The Hall–Kier alpha value is -3.33. The van der Waals surface area contributed by atoms with Gasteiger partial charge in [0.1, 0.15) is 17.1 Å². The number of pyridine rings is 1. The van der Waals surface area contributed by atoms with Crippen LogP contribution in [0.4, 0.5) is 15.3 Å². The minimum Gasteiger partial charge on any atom is -0.370 e. The highest BCUT2D eigenvalue weighted by atomic mass is 32.1. The number of aromatic amines is 1. The third kappa shape index (κ3) is 3.93. The summed E-state index contributed by atoms with van der Waals surface area (Å²) in [6, 6.07) is 8.17. The Morgan fingerprint density at radius 2 is 2.19 bits per heavy atom. The van der Waals surface area contributed by atoms with Crippen molar-refractivity contribution in [1.82, 2.24) is 20.2 Å². The van der Waals surface area contributed by atoms with E-state index in [9.17, 15) is 9.18 Å². The molecule has 1 aromatic carbocycles. The molecule has 136 valence electrons. The number of rotatable bonds is 6. The molecule has 0 unspecified atom stereocenters. The molecule has 0 saturated carbocycles. The molecule has 0 aliphatic heterocycles. The molecule has 0 aliphatic rings. The maximum Gasteiger partial charge on any atom is 0.259 e. The fourth-order valence-electron chi connectivity index (χ4n) is 2.72. The molecule has 7 nitrogen and oxygen atoms in total. The van der Waals surface area contributed by atoms with Crippen molar-refractivity contribution in [3.05, 3.63) is 65.2 Å². The lowest BCUT2D eigenvalue weighted by Crippen LogP contribution is -2.13. The number of nitrogens with zero attached hydrogens (tertiary/aromatic N) is 3. The van der Waals surface area contributed by atoms with Gasteiger partial charge in [-0.3, -0.25) is 10.1 Å². The Balaban J connectivity index is 1.34. The van der Waals surface area contributed by atoms with Gasteiger partial charge in [-0.2, -0.15) is 0 Å². The summed E-state index contributed by atoms with van der Waals surface area (Å²) >= 11 is 1.25. The highest BCUT2D eigenvalue weighted by Gasteiger charge is 2.09. The van der Waals surface area contributed by atoms with Gasteiger partial charge in [-0.15, -0.1) is 10.2 Å². The number of aromatic nitrogens is 4. The fraction of sp³-hybridized carbons (Fsp3) is 0.111. The number of halogens is 1. The molecule has 0 spiro atoms. The first-order valence-corrected chi connectivity index (χ1v) is 9.10. The number of benzene rings is 1. The van der Waals surface area contributed by atoms with Crippen LogP contribution in [0.5, 0.6) is 0 Å². The van der Waals surface area contributed by atoms with E-state index in [-0.39, 0.29) is 11.7 Å². The summed E-state index contributed by atoms with van der Waals surface area (Å²) in [7, 11) is 0. The smallest absolute Gasteiger partial charge is 0.259 e. The number of amides is 1. The van der Waals surface area contributed by atoms with Gasteiger partial charge in [-0.05, 0) is 42.3 Å². The molecule has 0 saturated heterocycles. The third-order valence-electron chi connectivity index (χ3n) is 4.04. The van der Waals surface area contributed by atoms with E-state index in [0.717, 1.165) is 22.9 Å². The quantitative estimate of drug-likeness (QED) is 0.475. The zero-order chi connectivity index (χ0) is 18.6. The van der Waals surface area contributed by atoms with E-state index in [1.165, 1.54) is 29.7 Å². The molecule has 4 rings (SSSR count). The monoisotopic (exact) mass is 382 g/mol. The molecule has 0 fully saturated rings. The van der Waals surface area contributed by atoms with Gasteiger partial charge in [0, 0.05) is 29.8 Å². The third-order valence-corrected chi connectivity index (χ3v) is 4.64. The van der Waals surface area contributed by atoms with Crippen LogP contribution in [0.1, 0.15) is 15.9 Å². The highest BCUT2D eigenvalue weighted by molar-refractivity contribution is 7.13. The summed E-state index contributed by atoms with van der Waals surface area (Å²) in [6.45, 7) is 0.660. The lowest BCUT2D eigenvalue weighted by Gasteiger charge is -2.06. The first kappa shape index (κ1) is 17.1. The predicted octanol–water partition coefficient (Wildman–Crippen LogP) is 3.46. The van der Waals surface area contributed by atoms with E-state index < -0.39 is 0 Å². The lowest BCUT2D eigenvalue weighted by atomic mass is 10.1. The maximum atomic E-state index is 13.2. The van der Waals surface area contributed by atoms with Crippen LogP contribution in [0.25, 0.3) is 10.9 Å². The van der Waals surface area contributed by atoms with Crippen molar-refractivity contribution in [3.63, 3.8) is 0 Å². The number of fused-ring (bicyclic) bond motifs is 1. The van der Waals surface area contributed by atoms with E-state index in [1.54, 1.807) is 23.7 Å². The van der Waals surface area contributed by atoms with Crippen molar-refractivity contribution in [2.24, 2.45) is 0 Å². The topological polar surface area (TPSA) is 95.6 Å². The van der Waals surface area contributed by atoms with E-state index in [1.807, 2.05) is 6.20 Å². The summed E-state index contributed by atoms with van der Waals surface area (Å²) in [6.07, 6.45) is 4.15. The number of carbonyl (C=O) groups is 1. The molecular weight excluding hydrogens is 367 g/mol. The number of hydrogen-bond donors (Lipinski definition) is 3. The summed E-state index contributed by atoms with van der Waals surface area (Å²) in [5.74, 6) is 0.138. The molecule has 4 aromatic rings.